The normalized spacial score (nSPS) is 17.2. The monoisotopic (exact) mass is 279 g/mol. The lowest BCUT2D eigenvalue weighted by Crippen LogP contribution is -2.44. The van der Waals surface area contributed by atoms with Crippen molar-refractivity contribution in [3.8, 4) is 0 Å². The van der Waals surface area contributed by atoms with Gasteiger partial charge >= 0.3 is 6.03 Å². The number of benzene rings is 1. The molecule has 0 aromatic heterocycles. The molecule has 1 aliphatic heterocycles. The van der Waals surface area contributed by atoms with Crippen molar-refractivity contribution in [3.63, 3.8) is 0 Å². The van der Waals surface area contributed by atoms with Crippen molar-refractivity contribution in [1.82, 2.24) is 10.2 Å². The first kappa shape index (κ1) is 14.2. The molecule has 0 saturated carbocycles. The quantitative estimate of drug-likeness (QED) is 0.836. The molecule has 1 heterocycles. The fourth-order valence-electron chi connectivity index (χ4n) is 2.18. The van der Waals surface area contributed by atoms with Crippen LogP contribution in [0.4, 0.5) is 10.5 Å². The molecule has 1 aromatic rings. The van der Waals surface area contributed by atoms with Gasteiger partial charge in [0.05, 0.1) is 0 Å². The summed E-state index contributed by atoms with van der Waals surface area (Å²) in [4.78, 5) is 15.4. The molecule has 0 radical (unpaired) electrons. The van der Waals surface area contributed by atoms with Crippen molar-refractivity contribution < 1.29 is 4.79 Å². The minimum atomic E-state index is -0.105. The Morgan fingerprint density at radius 2 is 1.89 bits per heavy atom. The van der Waals surface area contributed by atoms with Crippen molar-refractivity contribution >= 4 is 23.5 Å². The molecule has 5 heteroatoms. The van der Waals surface area contributed by atoms with E-state index in [-0.39, 0.29) is 6.03 Å². The number of nitrogens with one attached hydrogen (secondary N) is 2. The van der Waals surface area contributed by atoms with Crippen LogP contribution in [0, 0.1) is 0 Å². The summed E-state index contributed by atoms with van der Waals surface area (Å²) < 4.78 is 0. The van der Waals surface area contributed by atoms with Crippen LogP contribution in [0.2, 0.25) is 0 Å². The Balaban J connectivity index is 1.80. The number of piperidine rings is 1. The second-order valence-electron chi connectivity index (χ2n) is 4.90. The molecule has 0 atom stereocenters. The summed E-state index contributed by atoms with van der Waals surface area (Å²) in [5.74, 6) is 0. The highest BCUT2D eigenvalue weighted by molar-refractivity contribution is 7.98. The van der Waals surface area contributed by atoms with Crippen LogP contribution in [0.1, 0.15) is 12.8 Å². The van der Waals surface area contributed by atoms with Gasteiger partial charge in [-0.25, -0.2) is 4.79 Å². The zero-order chi connectivity index (χ0) is 13.7. The number of carbonyl (C=O) groups is 1. The number of thioether (sulfide) groups is 1. The summed E-state index contributed by atoms with van der Waals surface area (Å²) >= 11 is 1.69. The van der Waals surface area contributed by atoms with Gasteiger partial charge in [0.25, 0.3) is 0 Å². The molecule has 0 bridgehead atoms. The maximum Gasteiger partial charge on any atom is 0.319 e. The number of rotatable bonds is 3. The third kappa shape index (κ3) is 4.44. The topological polar surface area (TPSA) is 44.4 Å². The maximum atomic E-state index is 11.9. The van der Waals surface area contributed by atoms with Crippen LogP contribution in [0.15, 0.2) is 29.2 Å². The molecular weight excluding hydrogens is 258 g/mol. The number of nitrogens with zero attached hydrogens (tertiary/aromatic N) is 1. The van der Waals surface area contributed by atoms with Gasteiger partial charge < -0.3 is 15.5 Å². The summed E-state index contributed by atoms with van der Waals surface area (Å²) in [6.07, 6.45) is 4.08. The number of hydrogen-bond donors (Lipinski definition) is 2. The fourth-order valence-corrected chi connectivity index (χ4v) is 2.59. The van der Waals surface area contributed by atoms with E-state index in [0.717, 1.165) is 31.6 Å². The zero-order valence-corrected chi connectivity index (χ0v) is 12.3. The van der Waals surface area contributed by atoms with Crippen molar-refractivity contribution in [1.29, 1.82) is 0 Å². The van der Waals surface area contributed by atoms with E-state index in [4.69, 9.17) is 0 Å². The Morgan fingerprint density at radius 3 is 2.47 bits per heavy atom. The first-order chi connectivity index (χ1) is 9.17. The van der Waals surface area contributed by atoms with E-state index < -0.39 is 0 Å². The summed E-state index contributed by atoms with van der Waals surface area (Å²) in [5.41, 5.74) is 0.836. The molecule has 1 aromatic carbocycles. The van der Waals surface area contributed by atoms with E-state index >= 15 is 0 Å². The van der Waals surface area contributed by atoms with E-state index in [1.165, 1.54) is 4.90 Å². The molecule has 1 saturated heterocycles. The van der Waals surface area contributed by atoms with Gasteiger partial charge in [0.2, 0.25) is 0 Å². The Kier molecular flexibility index (Phi) is 5.10. The molecule has 19 heavy (non-hydrogen) atoms. The lowest BCUT2D eigenvalue weighted by Gasteiger charge is -2.29. The highest BCUT2D eigenvalue weighted by Gasteiger charge is 2.18. The molecule has 104 valence electrons. The number of amides is 2. The SMILES string of the molecule is CSc1ccc(NC(=O)NC2CCN(C)CC2)cc1. The predicted octanol–water partition coefficient (Wildman–Crippen LogP) is 2.62. The van der Waals surface area contributed by atoms with Crippen LogP contribution in [0.3, 0.4) is 0 Å². The number of anilines is 1. The van der Waals surface area contributed by atoms with E-state index in [9.17, 15) is 4.79 Å². The largest absolute Gasteiger partial charge is 0.335 e. The van der Waals surface area contributed by atoms with Gasteiger partial charge in [-0.2, -0.15) is 0 Å². The second kappa shape index (κ2) is 6.82. The predicted molar refractivity (Wildman–Crippen MR) is 80.9 cm³/mol. The number of hydrogen-bond acceptors (Lipinski definition) is 3. The number of urea groups is 1. The van der Waals surface area contributed by atoms with E-state index in [0.29, 0.717) is 6.04 Å². The summed E-state index contributed by atoms with van der Waals surface area (Å²) in [6, 6.07) is 8.07. The standard InChI is InChI=1S/C14H21N3OS/c1-17-9-7-12(8-10-17)16-14(18)15-11-3-5-13(19-2)6-4-11/h3-6,12H,7-10H2,1-2H3,(H2,15,16,18). The van der Waals surface area contributed by atoms with Gasteiger partial charge in [-0.15, -0.1) is 11.8 Å². The van der Waals surface area contributed by atoms with Crippen LogP contribution >= 0.6 is 11.8 Å². The molecule has 2 rings (SSSR count). The lowest BCUT2D eigenvalue weighted by atomic mass is 10.1. The first-order valence-corrected chi connectivity index (χ1v) is 7.80. The molecule has 0 spiro atoms. The molecular formula is C14H21N3OS. The van der Waals surface area contributed by atoms with Gasteiger partial charge in [-0.3, -0.25) is 0 Å². The minimum Gasteiger partial charge on any atom is -0.335 e. The Morgan fingerprint density at radius 1 is 1.26 bits per heavy atom. The maximum absolute atomic E-state index is 11.9. The Labute approximate surface area is 118 Å². The van der Waals surface area contributed by atoms with Crippen molar-refractivity contribution in [2.45, 2.75) is 23.8 Å². The van der Waals surface area contributed by atoms with Crippen LogP contribution in [-0.4, -0.2) is 43.4 Å². The smallest absolute Gasteiger partial charge is 0.319 e. The average molecular weight is 279 g/mol. The molecule has 2 N–H and O–H groups in total. The van der Waals surface area contributed by atoms with Gasteiger partial charge in [0, 0.05) is 16.6 Å². The van der Waals surface area contributed by atoms with Crippen LogP contribution in [0.5, 0.6) is 0 Å². The van der Waals surface area contributed by atoms with Crippen LogP contribution < -0.4 is 10.6 Å². The summed E-state index contributed by atoms with van der Waals surface area (Å²) in [6.45, 7) is 2.10. The van der Waals surface area contributed by atoms with E-state index in [2.05, 4.69) is 22.6 Å². The third-order valence-electron chi connectivity index (χ3n) is 3.40. The lowest BCUT2D eigenvalue weighted by molar-refractivity contribution is 0.221. The molecule has 1 fully saturated rings. The van der Waals surface area contributed by atoms with Crippen molar-refractivity contribution in [2.75, 3.05) is 31.7 Å². The highest BCUT2D eigenvalue weighted by atomic mass is 32.2. The van der Waals surface area contributed by atoms with E-state index in [1.54, 1.807) is 11.8 Å². The second-order valence-corrected chi connectivity index (χ2v) is 5.78. The Bertz CT molecular complexity index is 413. The minimum absolute atomic E-state index is 0.105. The van der Waals surface area contributed by atoms with Crippen LogP contribution in [-0.2, 0) is 0 Å². The number of carbonyl (C=O) groups excluding carboxylic acids is 1. The van der Waals surface area contributed by atoms with E-state index in [1.807, 2.05) is 30.5 Å². The molecule has 0 unspecified atom stereocenters. The third-order valence-corrected chi connectivity index (χ3v) is 4.15. The first-order valence-electron chi connectivity index (χ1n) is 6.57. The molecule has 0 aliphatic carbocycles. The summed E-state index contributed by atoms with van der Waals surface area (Å²) in [7, 11) is 2.11. The molecule has 2 amide bonds. The average Bonchev–Trinajstić information content (AvgIpc) is 2.42. The highest BCUT2D eigenvalue weighted by Crippen LogP contribution is 2.17. The van der Waals surface area contributed by atoms with Gasteiger partial charge in [0.15, 0.2) is 0 Å². The van der Waals surface area contributed by atoms with Gasteiger partial charge in [0.1, 0.15) is 0 Å². The molecule has 1 aliphatic rings. The number of likely N-dealkylation sites (tertiary alicyclic amines) is 1. The van der Waals surface area contributed by atoms with Crippen molar-refractivity contribution in [2.24, 2.45) is 0 Å². The molecule has 4 nitrogen and oxygen atoms in total. The van der Waals surface area contributed by atoms with Gasteiger partial charge in [-0.1, -0.05) is 0 Å². The fraction of sp³-hybridized carbons (Fsp3) is 0.500. The Hall–Kier alpha value is -1.20. The van der Waals surface area contributed by atoms with Gasteiger partial charge in [-0.05, 0) is 63.5 Å². The summed E-state index contributed by atoms with van der Waals surface area (Å²) in [5, 5.41) is 5.91. The zero-order valence-electron chi connectivity index (χ0n) is 11.5. The van der Waals surface area contributed by atoms with Crippen molar-refractivity contribution in [3.05, 3.63) is 24.3 Å². The van der Waals surface area contributed by atoms with Crippen LogP contribution in [0.25, 0.3) is 0 Å².